The Hall–Kier alpha value is -2.45. The van der Waals surface area contributed by atoms with Crippen molar-refractivity contribution >= 4 is 17.0 Å². The maximum atomic E-state index is 5.83. The number of aromatic nitrogens is 4. The Balaban J connectivity index is 1.62. The van der Waals surface area contributed by atoms with Gasteiger partial charge in [0, 0.05) is 43.9 Å². The van der Waals surface area contributed by atoms with Gasteiger partial charge >= 0.3 is 0 Å². The van der Waals surface area contributed by atoms with Crippen molar-refractivity contribution in [2.45, 2.75) is 32.9 Å². The zero-order valence-corrected chi connectivity index (χ0v) is 15.9. The smallest absolute Gasteiger partial charge is 0.233 e. The van der Waals surface area contributed by atoms with Gasteiger partial charge in [0.05, 0.1) is 17.5 Å². The highest BCUT2D eigenvalue weighted by Crippen LogP contribution is 2.33. The van der Waals surface area contributed by atoms with Gasteiger partial charge in [-0.15, -0.1) is 10.2 Å². The third-order valence-corrected chi connectivity index (χ3v) is 5.16. The van der Waals surface area contributed by atoms with Gasteiger partial charge in [-0.2, -0.15) is 5.10 Å². The van der Waals surface area contributed by atoms with E-state index in [1.165, 1.54) is 16.9 Å². The minimum atomic E-state index is 0.126. The molecule has 1 aliphatic heterocycles. The average molecular weight is 370 g/mol. The summed E-state index contributed by atoms with van der Waals surface area (Å²) >= 11 is 1.53. The highest BCUT2D eigenvalue weighted by molar-refractivity contribution is 7.17. The number of anilines is 1. The first-order valence-electron chi connectivity index (χ1n) is 8.75. The Kier molecular flexibility index (Phi) is 4.60. The Morgan fingerprint density at radius 1 is 1.31 bits per heavy atom. The molecule has 136 valence electrons. The summed E-state index contributed by atoms with van der Waals surface area (Å²) in [5.74, 6) is 0.836. The third-order valence-electron chi connectivity index (χ3n) is 4.20. The van der Waals surface area contributed by atoms with Crippen LogP contribution in [0.2, 0.25) is 0 Å². The number of benzene rings is 1. The molecule has 4 rings (SSSR count). The largest absolute Gasteiger partial charge is 0.489 e. The van der Waals surface area contributed by atoms with Crippen LogP contribution in [0.4, 0.5) is 5.69 Å². The summed E-state index contributed by atoms with van der Waals surface area (Å²) in [6.07, 6.45) is 3.13. The molecule has 2 aromatic heterocycles. The zero-order valence-electron chi connectivity index (χ0n) is 15.1. The SMILES string of the molecule is CNc1cc(-c2nnc(-n3cc4c(n3)CCNC4)s2)ccc1OC(C)C. The lowest BCUT2D eigenvalue weighted by atomic mass is 10.1. The summed E-state index contributed by atoms with van der Waals surface area (Å²) in [5.41, 5.74) is 4.33. The Labute approximate surface area is 156 Å². The van der Waals surface area contributed by atoms with Crippen molar-refractivity contribution in [2.24, 2.45) is 0 Å². The first-order chi connectivity index (χ1) is 12.6. The summed E-state index contributed by atoms with van der Waals surface area (Å²) in [6.45, 7) is 5.87. The van der Waals surface area contributed by atoms with E-state index in [9.17, 15) is 0 Å². The molecule has 0 unspecified atom stereocenters. The van der Waals surface area contributed by atoms with E-state index in [0.29, 0.717) is 0 Å². The van der Waals surface area contributed by atoms with Crippen molar-refractivity contribution in [1.82, 2.24) is 25.3 Å². The van der Waals surface area contributed by atoms with Crippen molar-refractivity contribution in [1.29, 1.82) is 0 Å². The second-order valence-corrected chi connectivity index (χ2v) is 7.45. The molecule has 0 atom stereocenters. The maximum Gasteiger partial charge on any atom is 0.233 e. The molecule has 26 heavy (non-hydrogen) atoms. The van der Waals surface area contributed by atoms with Crippen molar-refractivity contribution in [3.63, 3.8) is 0 Å². The lowest BCUT2D eigenvalue weighted by Gasteiger charge is -2.14. The van der Waals surface area contributed by atoms with E-state index >= 15 is 0 Å². The van der Waals surface area contributed by atoms with Crippen LogP contribution in [-0.4, -0.2) is 39.7 Å². The molecule has 0 amide bonds. The number of hydrogen-bond acceptors (Lipinski definition) is 7. The van der Waals surface area contributed by atoms with E-state index in [1.807, 2.05) is 50.0 Å². The summed E-state index contributed by atoms with van der Waals surface area (Å²) in [5, 5.41) is 21.5. The molecule has 0 spiro atoms. The second-order valence-electron chi connectivity index (χ2n) is 6.49. The number of ether oxygens (including phenoxy) is 1. The van der Waals surface area contributed by atoms with Crippen LogP contribution in [0.1, 0.15) is 25.1 Å². The molecule has 3 heterocycles. The van der Waals surface area contributed by atoms with Crippen LogP contribution in [0.5, 0.6) is 5.75 Å². The van der Waals surface area contributed by atoms with Crippen LogP contribution in [0.3, 0.4) is 0 Å². The van der Waals surface area contributed by atoms with Gasteiger partial charge in [-0.1, -0.05) is 11.3 Å². The molecule has 8 heteroatoms. The topological polar surface area (TPSA) is 76.9 Å². The second kappa shape index (κ2) is 7.05. The van der Waals surface area contributed by atoms with E-state index in [4.69, 9.17) is 4.74 Å². The number of fused-ring (bicyclic) bond motifs is 1. The number of hydrogen-bond donors (Lipinski definition) is 2. The van der Waals surface area contributed by atoms with Gasteiger partial charge in [-0.3, -0.25) is 0 Å². The van der Waals surface area contributed by atoms with Crippen LogP contribution in [0.25, 0.3) is 15.7 Å². The quantitative estimate of drug-likeness (QED) is 0.719. The lowest BCUT2D eigenvalue weighted by molar-refractivity contribution is 0.244. The minimum Gasteiger partial charge on any atom is -0.489 e. The fourth-order valence-corrected chi connectivity index (χ4v) is 3.74. The van der Waals surface area contributed by atoms with Crippen LogP contribution in [-0.2, 0) is 13.0 Å². The van der Waals surface area contributed by atoms with Crippen LogP contribution in [0, 0.1) is 0 Å². The highest BCUT2D eigenvalue weighted by atomic mass is 32.1. The summed E-state index contributed by atoms with van der Waals surface area (Å²) < 4.78 is 7.67. The van der Waals surface area contributed by atoms with Gasteiger partial charge in [0.1, 0.15) is 10.8 Å². The molecule has 1 aliphatic rings. The third kappa shape index (κ3) is 3.30. The first-order valence-corrected chi connectivity index (χ1v) is 9.56. The van der Waals surface area contributed by atoms with Crippen LogP contribution < -0.4 is 15.4 Å². The standard InChI is InChI=1S/C18H22N6OS/c1-11(2)25-16-5-4-12(8-15(16)19-3)17-21-22-18(26-17)24-10-13-9-20-7-6-14(13)23-24/h4-5,8,10-11,19-20H,6-7,9H2,1-3H3. The van der Waals surface area contributed by atoms with Crippen molar-refractivity contribution in [3.8, 4) is 21.5 Å². The lowest BCUT2D eigenvalue weighted by Crippen LogP contribution is -2.22. The van der Waals surface area contributed by atoms with E-state index in [2.05, 4.69) is 25.9 Å². The molecule has 1 aromatic carbocycles. The molecule has 7 nitrogen and oxygen atoms in total. The predicted octanol–water partition coefficient (Wildman–Crippen LogP) is 2.87. The van der Waals surface area contributed by atoms with Crippen molar-refractivity contribution < 1.29 is 4.74 Å². The summed E-state index contributed by atoms with van der Waals surface area (Å²) in [6, 6.07) is 6.03. The molecule has 0 aliphatic carbocycles. The highest BCUT2D eigenvalue weighted by Gasteiger charge is 2.17. The van der Waals surface area contributed by atoms with E-state index in [-0.39, 0.29) is 6.10 Å². The van der Waals surface area contributed by atoms with Gasteiger partial charge in [-0.05, 0) is 32.0 Å². The van der Waals surface area contributed by atoms with Gasteiger partial charge < -0.3 is 15.4 Å². The molecule has 0 bridgehead atoms. The molecule has 0 saturated carbocycles. The number of rotatable bonds is 5. The maximum absolute atomic E-state index is 5.83. The van der Waals surface area contributed by atoms with Crippen molar-refractivity contribution in [2.75, 3.05) is 18.9 Å². The average Bonchev–Trinajstić information content (AvgIpc) is 3.28. The molecule has 2 N–H and O–H groups in total. The minimum absolute atomic E-state index is 0.126. The first kappa shape index (κ1) is 17.0. The van der Waals surface area contributed by atoms with Gasteiger partial charge in [0.15, 0.2) is 0 Å². The molecule has 0 radical (unpaired) electrons. The number of nitrogens with one attached hydrogen (secondary N) is 2. The molecule has 0 fully saturated rings. The Morgan fingerprint density at radius 2 is 2.19 bits per heavy atom. The summed E-state index contributed by atoms with van der Waals surface area (Å²) in [4.78, 5) is 0. The van der Waals surface area contributed by atoms with Crippen LogP contribution in [0.15, 0.2) is 24.4 Å². The van der Waals surface area contributed by atoms with E-state index in [1.54, 1.807) is 0 Å². The fraction of sp³-hybridized carbons (Fsp3) is 0.389. The van der Waals surface area contributed by atoms with Crippen molar-refractivity contribution in [3.05, 3.63) is 35.7 Å². The molecule has 0 saturated heterocycles. The van der Waals surface area contributed by atoms with E-state index in [0.717, 1.165) is 52.3 Å². The summed E-state index contributed by atoms with van der Waals surface area (Å²) in [7, 11) is 1.89. The normalized spacial score (nSPS) is 13.7. The molecular weight excluding hydrogens is 348 g/mol. The zero-order chi connectivity index (χ0) is 18.1. The fourth-order valence-electron chi connectivity index (χ4n) is 2.97. The van der Waals surface area contributed by atoms with E-state index < -0.39 is 0 Å². The van der Waals surface area contributed by atoms with Gasteiger partial charge in [-0.25, -0.2) is 4.68 Å². The van der Waals surface area contributed by atoms with Gasteiger partial charge in [0.2, 0.25) is 5.13 Å². The van der Waals surface area contributed by atoms with Gasteiger partial charge in [0.25, 0.3) is 0 Å². The Bertz CT molecular complexity index is 893. The molecular formula is C18H22N6OS. The van der Waals surface area contributed by atoms with Crippen LogP contribution >= 0.6 is 11.3 Å². The Morgan fingerprint density at radius 3 is 2.96 bits per heavy atom. The predicted molar refractivity (Wildman–Crippen MR) is 103 cm³/mol. The molecule has 3 aromatic rings. The monoisotopic (exact) mass is 370 g/mol. The number of nitrogens with zero attached hydrogens (tertiary/aromatic N) is 4.